The highest BCUT2D eigenvalue weighted by Gasteiger charge is 2.14. The van der Waals surface area contributed by atoms with Gasteiger partial charge in [-0.15, -0.1) is 0 Å². The van der Waals surface area contributed by atoms with Gasteiger partial charge < -0.3 is 20.1 Å². The Labute approximate surface area is 199 Å². The van der Waals surface area contributed by atoms with Crippen LogP contribution in [-0.4, -0.2) is 33.5 Å². The van der Waals surface area contributed by atoms with Crippen LogP contribution < -0.4 is 15.5 Å². The minimum atomic E-state index is -0.0368. The number of anilines is 4. The van der Waals surface area contributed by atoms with Gasteiger partial charge >= 0.3 is 0 Å². The van der Waals surface area contributed by atoms with Crippen LogP contribution in [0.4, 0.5) is 23.1 Å². The second-order valence-corrected chi connectivity index (χ2v) is 8.95. The zero-order chi connectivity index (χ0) is 23.5. The molecule has 1 aliphatic rings. The minimum Gasteiger partial charge on any atom is -0.356 e. The Kier molecular flexibility index (Phi) is 6.16. The van der Waals surface area contributed by atoms with E-state index in [0.717, 1.165) is 52.4 Å². The van der Waals surface area contributed by atoms with Gasteiger partial charge in [0.2, 0.25) is 11.9 Å². The first-order chi connectivity index (χ1) is 16.5. The highest BCUT2D eigenvalue weighted by molar-refractivity contribution is 5.96. The summed E-state index contributed by atoms with van der Waals surface area (Å²) in [5, 5.41) is 7.42. The monoisotopic (exact) mass is 454 g/mol. The van der Waals surface area contributed by atoms with Crippen LogP contribution >= 0.6 is 0 Å². The molecule has 0 radical (unpaired) electrons. The molecule has 7 heteroatoms. The number of aromatic nitrogens is 3. The average Bonchev–Trinajstić information content (AvgIpc) is 3.16. The third-order valence-corrected chi connectivity index (χ3v) is 6.28. The summed E-state index contributed by atoms with van der Waals surface area (Å²) in [6.45, 7) is 4.08. The zero-order valence-corrected chi connectivity index (χ0v) is 19.7. The molecule has 0 aliphatic carbocycles. The first-order valence-corrected chi connectivity index (χ1v) is 11.9. The molecular weight excluding hydrogens is 424 g/mol. The lowest BCUT2D eigenvalue weighted by atomic mass is 10.1. The molecule has 174 valence electrons. The second kappa shape index (κ2) is 9.55. The number of carbonyl (C=O) groups is 1. The van der Waals surface area contributed by atoms with Gasteiger partial charge in [-0.1, -0.05) is 18.2 Å². The lowest BCUT2D eigenvalue weighted by Gasteiger charge is -2.28. The number of nitrogens with one attached hydrogen (secondary N) is 2. The molecule has 0 spiro atoms. The van der Waals surface area contributed by atoms with Crippen molar-refractivity contribution in [1.82, 2.24) is 14.5 Å². The number of amides is 1. The first-order valence-electron chi connectivity index (χ1n) is 11.9. The van der Waals surface area contributed by atoms with E-state index in [4.69, 9.17) is 4.98 Å². The van der Waals surface area contributed by atoms with Gasteiger partial charge in [-0.05, 0) is 62.1 Å². The summed E-state index contributed by atoms with van der Waals surface area (Å²) < 4.78 is 2.06. The van der Waals surface area contributed by atoms with E-state index in [1.54, 1.807) is 0 Å². The predicted molar refractivity (Wildman–Crippen MR) is 138 cm³/mol. The van der Waals surface area contributed by atoms with Crippen LogP contribution in [0.1, 0.15) is 30.5 Å². The van der Waals surface area contributed by atoms with Crippen LogP contribution in [-0.2, 0) is 18.3 Å². The number of hydrogen-bond acceptors (Lipinski definition) is 5. The zero-order valence-electron chi connectivity index (χ0n) is 19.7. The molecule has 5 rings (SSSR count). The van der Waals surface area contributed by atoms with Gasteiger partial charge in [0.25, 0.3) is 0 Å². The molecule has 2 aromatic heterocycles. The molecule has 34 heavy (non-hydrogen) atoms. The molecule has 1 fully saturated rings. The number of nitrogens with zero attached hydrogens (tertiary/aromatic N) is 4. The van der Waals surface area contributed by atoms with Crippen LogP contribution in [0.2, 0.25) is 0 Å². The van der Waals surface area contributed by atoms with Gasteiger partial charge in [0.1, 0.15) is 5.82 Å². The summed E-state index contributed by atoms with van der Waals surface area (Å²) in [6, 6.07) is 17.8. The van der Waals surface area contributed by atoms with Gasteiger partial charge in [0, 0.05) is 60.4 Å². The summed E-state index contributed by atoms with van der Waals surface area (Å²) in [7, 11) is 2.00. The van der Waals surface area contributed by atoms with Crippen LogP contribution in [0, 0.1) is 6.92 Å². The third-order valence-electron chi connectivity index (χ3n) is 6.28. The molecule has 1 aliphatic heterocycles. The molecule has 0 unspecified atom stereocenters. The van der Waals surface area contributed by atoms with E-state index in [9.17, 15) is 4.79 Å². The number of piperidine rings is 1. The molecular formula is C27H30N6O. The lowest BCUT2D eigenvalue weighted by molar-refractivity contribution is -0.115. The van der Waals surface area contributed by atoms with E-state index in [-0.39, 0.29) is 5.91 Å². The maximum absolute atomic E-state index is 12.7. The Morgan fingerprint density at radius 2 is 1.71 bits per heavy atom. The molecule has 2 N–H and O–H groups in total. The minimum absolute atomic E-state index is 0.0368. The fourth-order valence-corrected chi connectivity index (χ4v) is 4.60. The van der Waals surface area contributed by atoms with E-state index in [0.29, 0.717) is 12.4 Å². The third kappa shape index (κ3) is 4.88. The fraction of sp³-hybridized carbons (Fsp3) is 0.296. The van der Waals surface area contributed by atoms with Gasteiger partial charge in [0.05, 0.1) is 6.42 Å². The SMILES string of the molecule is Cc1cc(N2CCCCC2)nc(Nc2ccc(NC(=O)Cc3cn(C)c4ccccc34)cc2)n1. The van der Waals surface area contributed by atoms with E-state index in [1.165, 1.54) is 19.3 Å². The predicted octanol–water partition coefficient (Wildman–Crippen LogP) is 5.19. The molecule has 7 nitrogen and oxygen atoms in total. The summed E-state index contributed by atoms with van der Waals surface area (Å²) in [6.07, 6.45) is 6.06. The molecule has 0 saturated carbocycles. The smallest absolute Gasteiger partial charge is 0.229 e. The summed E-state index contributed by atoms with van der Waals surface area (Å²) in [5.74, 6) is 1.53. The first kappa shape index (κ1) is 21.9. The second-order valence-electron chi connectivity index (χ2n) is 8.95. The number of aryl methyl sites for hydroxylation is 2. The van der Waals surface area contributed by atoms with Crippen molar-refractivity contribution in [2.75, 3.05) is 28.6 Å². The van der Waals surface area contributed by atoms with E-state index in [1.807, 2.05) is 62.6 Å². The van der Waals surface area contributed by atoms with Gasteiger partial charge in [-0.3, -0.25) is 4.79 Å². The molecule has 0 atom stereocenters. The van der Waals surface area contributed by atoms with E-state index in [2.05, 4.69) is 37.2 Å². The Morgan fingerprint density at radius 1 is 0.971 bits per heavy atom. The maximum Gasteiger partial charge on any atom is 0.229 e. The normalized spacial score (nSPS) is 13.8. The summed E-state index contributed by atoms with van der Waals surface area (Å²) >= 11 is 0. The highest BCUT2D eigenvalue weighted by atomic mass is 16.1. The number of fused-ring (bicyclic) bond motifs is 1. The quantitative estimate of drug-likeness (QED) is 0.419. The number of para-hydroxylation sites is 1. The molecule has 2 aromatic carbocycles. The van der Waals surface area contributed by atoms with E-state index < -0.39 is 0 Å². The van der Waals surface area contributed by atoms with Crippen LogP contribution in [0.25, 0.3) is 10.9 Å². The van der Waals surface area contributed by atoms with Gasteiger partial charge in [0.15, 0.2) is 0 Å². The van der Waals surface area contributed by atoms with E-state index >= 15 is 0 Å². The Morgan fingerprint density at radius 3 is 2.50 bits per heavy atom. The van der Waals surface area contributed by atoms with Crippen molar-refractivity contribution < 1.29 is 4.79 Å². The standard InChI is InChI=1S/C27H30N6O/c1-19-16-25(33-14-6-3-7-15-33)31-27(28-19)30-22-12-10-21(11-13-22)29-26(34)17-20-18-32(2)24-9-5-4-8-23(20)24/h4-5,8-13,16,18H,3,6-7,14-15,17H2,1-2H3,(H,29,34)(H,28,30,31). The molecule has 1 saturated heterocycles. The summed E-state index contributed by atoms with van der Waals surface area (Å²) in [5.41, 5.74) is 4.73. The van der Waals surface area contributed by atoms with Crippen molar-refractivity contribution >= 4 is 40.0 Å². The number of benzene rings is 2. The van der Waals surface area contributed by atoms with Crippen LogP contribution in [0.3, 0.4) is 0 Å². The Bertz CT molecular complexity index is 1300. The molecule has 0 bridgehead atoms. The van der Waals surface area contributed by atoms with Crippen molar-refractivity contribution in [1.29, 1.82) is 0 Å². The number of carbonyl (C=O) groups excluding carboxylic acids is 1. The summed E-state index contributed by atoms with van der Waals surface area (Å²) in [4.78, 5) is 24.3. The van der Waals surface area contributed by atoms with Crippen LogP contribution in [0.5, 0.6) is 0 Å². The van der Waals surface area contributed by atoms with Crippen molar-refractivity contribution in [3.63, 3.8) is 0 Å². The number of rotatable bonds is 6. The maximum atomic E-state index is 12.7. The lowest BCUT2D eigenvalue weighted by Crippen LogP contribution is -2.30. The van der Waals surface area contributed by atoms with Crippen molar-refractivity contribution in [2.45, 2.75) is 32.6 Å². The van der Waals surface area contributed by atoms with Crippen molar-refractivity contribution in [3.05, 3.63) is 72.1 Å². The highest BCUT2D eigenvalue weighted by Crippen LogP contribution is 2.23. The largest absolute Gasteiger partial charge is 0.356 e. The molecule has 1 amide bonds. The van der Waals surface area contributed by atoms with Crippen molar-refractivity contribution in [3.8, 4) is 0 Å². The van der Waals surface area contributed by atoms with Gasteiger partial charge in [-0.2, -0.15) is 4.98 Å². The van der Waals surface area contributed by atoms with Gasteiger partial charge in [-0.25, -0.2) is 4.98 Å². The average molecular weight is 455 g/mol. The van der Waals surface area contributed by atoms with Crippen molar-refractivity contribution in [2.24, 2.45) is 7.05 Å². The number of hydrogen-bond donors (Lipinski definition) is 2. The molecule has 4 aromatic rings. The Hall–Kier alpha value is -3.87. The Balaban J connectivity index is 1.23. The fourth-order valence-electron chi connectivity index (χ4n) is 4.60. The topological polar surface area (TPSA) is 75.1 Å². The molecule has 3 heterocycles. The van der Waals surface area contributed by atoms with Crippen LogP contribution in [0.15, 0.2) is 60.8 Å².